The smallest absolute Gasteiger partial charge is 0.221 e. The molecule has 0 spiro atoms. The molecule has 0 saturated carbocycles. The summed E-state index contributed by atoms with van der Waals surface area (Å²) < 4.78 is 50.0. The molecule has 0 bridgehead atoms. The number of rotatable bonds is 11. The molecule has 6 rings (SSSR count). The second kappa shape index (κ2) is 16.8. The van der Waals surface area contributed by atoms with Crippen molar-refractivity contribution in [2.75, 3.05) is 21.3 Å². The molecule has 60 heavy (non-hydrogen) atoms. The molecule has 14 nitrogen and oxygen atoms in total. The second-order valence-electron chi connectivity index (χ2n) is 14.7. The Morgan fingerprint density at radius 3 is 1.88 bits per heavy atom. The maximum atomic E-state index is 12.7. The molecule has 1 aliphatic carbocycles. The zero-order valence-electron chi connectivity index (χ0n) is 34.7. The van der Waals surface area contributed by atoms with Gasteiger partial charge in [0, 0.05) is 83.2 Å². The molecule has 310 valence electrons. The third kappa shape index (κ3) is 8.35. The van der Waals surface area contributed by atoms with E-state index in [0.29, 0.717) is 72.9 Å². The van der Waals surface area contributed by atoms with E-state index in [0.717, 1.165) is 39.8 Å². The number of fused-ring (bicyclic) bond motifs is 2. The molecule has 15 heteroatoms. The van der Waals surface area contributed by atoms with Crippen LogP contribution in [0.4, 0.5) is 34.1 Å². The van der Waals surface area contributed by atoms with Crippen molar-refractivity contribution >= 4 is 79.3 Å². The molecule has 0 aromatic heterocycles. The van der Waals surface area contributed by atoms with Crippen LogP contribution in [0.3, 0.4) is 0 Å². The summed E-state index contributed by atoms with van der Waals surface area (Å²) in [6.07, 6.45) is 0.864. The highest BCUT2D eigenvalue weighted by Gasteiger charge is 2.25. The first-order chi connectivity index (χ1) is 28.3. The molecule has 4 aromatic rings. The second-order valence-corrected chi connectivity index (χ2v) is 16.0. The summed E-state index contributed by atoms with van der Waals surface area (Å²) in [4.78, 5) is 39.8. The SMILES string of the molecule is CC(=O)Nc1c(C)c(COC=N)c(C)c(Nc2ccc3c(-c4ccccc4S(=O)(=O)[O-])c4ccc(=[NH+]c5c(C)c(NC(C)=O)c(C)c(NC(C)=O)c5C)cc-4oc3c2)c1C. The van der Waals surface area contributed by atoms with Crippen molar-refractivity contribution in [3.63, 3.8) is 0 Å². The Labute approximate surface area is 347 Å². The van der Waals surface area contributed by atoms with Crippen molar-refractivity contribution in [2.45, 2.75) is 73.8 Å². The van der Waals surface area contributed by atoms with Crippen LogP contribution in [0.2, 0.25) is 0 Å². The van der Waals surface area contributed by atoms with Crippen LogP contribution < -0.4 is 31.6 Å². The fourth-order valence-corrected chi connectivity index (χ4v) is 8.50. The average molecular weight is 831 g/mol. The van der Waals surface area contributed by atoms with Crippen LogP contribution in [0, 0.1) is 47.0 Å². The van der Waals surface area contributed by atoms with Crippen LogP contribution in [0.1, 0.15) is 59.7 Å². The van der Waals surface area contributed by atoms with Gasteiger partial charge in [0.1, 0.15) is 28.1 Å². The van der Waals surface area contributed by atoms with E-state index < -0.39 is 10.1 Å². The number of carbonyl (C=O) groups excluding carboxylic acids is 3. The lowest BCUT2D eigenvalue weighted by atomic mass is 9.93. The number of anilines is 5. The van der Waals surface area contributed by atoms with Crippen molar-refractivity contribution in [2.24, 2.45) is 0 Å². The van der Waals surface area contributed by atoms with E-state index in [1.54, 1.807) is 42.5 Å². The van der Waals surface area contributed by atoms with Crippen molar-refractivity contribution in [3.8, 4) is 22.5 Å². The fourth-order valence-electron chi connectivity index (χ4n) is 7.81. The number of ether oxygens (including phenoxy) is 1. The van der Waals surface area contributed by atoms with E-state index in [4.69, 9.17) is 14.6 Å². The standard InChI is InChI=1S/C45H46N6O8S/c1-22-36(20-58-21-46)23(2)42(24(3)41(22)47-28(7)52)50-31-14-16-33-37(18-31)59-38-19-32(15-17-34(38)40(33)35-12-10-11-13-39(35)60(55,56)57)51-45-26(5)43(48-29(8)53)25(4)44(27(45)6)49-30(9)54/h10-19,21,46,50H,20H2,1-9H3,(H,47,52)(H,48,53)(H,49,54)(H,55,56,57). The molecule has 6 N–H and O–H groups in total. The highest BCUT2D eigenvalue weighted by atomic mass is 32.2. The molecule has 0 fully saturated rings. The summed E-state index contributed by atoms with van der Waals surface area (Å²) in [5, 5.41) is 20.7. The maximum absolute atomic E-state index is 12.7. The number of amides is 3. The zero-order valence-corrected chi connectivity index (χ0v) is 35.5. The van der Waals surface area contributed by atoms with Gasteiger partial charge in [0.15, 0.2) is 6.40 Å². The Balaban J connectivity index is 1.63. The monoisotopic (exact) mass is 830 g/mol. The van der Waals surface area contributed by atoms with Gasteiger partial charge < -0.3 is 35.0 Å². The summed E-state index contributed by atoms with van der Waals surface area (Å²) in [6, 6.07) is 16.7. The molecule has 0 saturated heterocycles. The normalized spacial score (nSPS) is 11.7. The first-order valence-electron chi connectivity index (χ1n) is 18.9. The lowest BCUT2D eigenvalue weighted by molar-refractivity contribution is -0.403. The predicted octanol–water partition coefficient (Wildman–Crippen LogP) is 7.01. The van der Waals surface area contributed by atoms with Gasteiger partial charge in [-0.2, -0.15) is 0 Å². The first-order valence-corrected chi connectivity index (χ1v) is 20.4. The summed E-state index contributed by atoms with van der Waals surface area (Å²) in [7, 11) is -4.91. The van der Waals surface area contributed by atoms with Crippen LogP contribution >= 0.6 is 0 Å². The lowest BCUT2D eigenvalue weighted by Gasteiger charge is -2.23. The molecular weight excluding hydrogens is 785 g/mol. The summed E-state index contributed by atoms with van der Waals surface area (Å²) in [5.41, 5.74) is 10.5. The van der Waals surface area contributed by atoms with Gasteiger partial charge in [-0.1, -0.05) is 18.2 Å². The fraction of sp³-hybridized carbons (Fsp3) is 0.222. The van der Waals surface area contributed by atoms with Crippen molar-refractivity contribution in [3.05, 3.63) is 105 Å². The van der Waals surface area contributed by atoms with Gasteiger partial charge >= 0.3 is 0 Å². The molecule has 1 heterocycles. The van der Waals surface area contributed by atoms with Crippen LogP contribution in [0.25, 0.3) is 33.4 Å². The Morgan fingerprint density at radius 2 is 1.30 bits per heavy atom. The first kappa shape index (κ1) is 42.8. The molecule has 1 aliphatic heterocycles. The molecule has 4 aromatic carbocycles. The molecule has 0 unspecified atom stereocenters. The van der Waals surface area contributed by atoms with Gasteiger partial charge in [0.2, 0.25) is 28.8 Å². The molecule has 0 radical (unpaired) electrons. The predicted molar refractivity (Wildman–Crippen MR) is 231 cm³/mol. The van der Waals surface area contributed by atoms with Gasteiger partial charge in [-0.25, -0.2) is 13.4 Å². The number of hydrogen-bond donors (Lipinski definition) is 6. The Bertz CT molecular complexity index is 2890. The number of carbonyl (C=O) groups is 3. The van der Waals surface area contributed by atoms with Crippen molar-refractivity contribution in [1.29, 1.82) is 5.41 Å². The third-order valence-corrected chi connectivity index (χ3v) is 11.5. The van der Waals surface area contributed by atoms with Gasteiger partial charge in [-0.05, 0) is 93.6 Å². The van der Waals surface area contributed by atoms with Crippen LogP contribution in [-0.2, 0) is 35.8 Å². The minimum Gasteiger partial charge on any atom is -0.744 e. The number of hydrogen-bond acceptors (Lipinski definition) is 10. The van der Waals surface area contributed by atoms with E-state index in [1.807, 2.05) is 47.6 Å². The van der Waals surface area contributed by atoms with Crippen LogP contribution in [0.15, 0.2) is 70.0 Å². The molecule has 0 atom stereocenters. The van der Waals surface area contributed by atoms with Crippen molar-refractivity contribution in [1.82, 2.24) is 0 Å². The topological polar surface area (TPSA) is 217 Å². The molecule has 2 aliphatic rings. The van der Waals surface area contributed by atoms with Gasteiger partial charge in [0.05, 0.1) is 22.3 Å². The van der Waals surface area contributed by atoms with Crippen LogP contribution in [-0.4, -0.2) is 37.1 Å². The highest BCUT2D eigenvalue weighted by Crippen LogP contribution is 2.44. The highest BCUT2D eigenvalue weighted by molar-refractivity contribution is 7.85. The summed E-state index contributed by atoms with van der Waals surface area (Å²) in [5.74, 6) is -0.449. The van der Waals surface area contributed by atoms with Gasteiger partial charge in [-0.3, -0.25) is 19.8 Å². The number of benzene rings is 5. The maximum Gasteiger partial charge on any atom is 0.221 e. The number of nitrogens with one attached hydrogen (secondary N) is 6. The quantitative estimate of drug-likeness (QED) is 0.0342. The van der Waals surface area contributed by atoms with Gasteiger partial charge in [-0.15, -0.1) is 0 Å². The lowest BCUT2D eigenvalue weighted by Crippen LogP contribution is -2.71. The Hall–Kier alpha value is -6.84. The van der Waals surface area contributed by atoms with E-state index in [2.05, 4.69) is 26.3 Å². The Morgan fingerprint density at radius 1 is 0.733 bits per heavy atom. The largest absolute Gasteiger partial charge is 0.744 e. The summed E-state index contributed by atoms with van der Waals surface area (Å²) >= 11 is 0. The third-order valence-electron chi connectivity index (χ3n) is 10.6. The minimum absolute atomic E-state index is 0.105. The van der Waals surface area contributed by atoms with E-state index in [1.165, 1.54) is 32.9 Å². The van der Waals surface area contributed by atoms with E-state index in [-0.39, 0.29) is 34.8 Å². The van der Waals surface area contributed by atoms with Crippen molar-refractivity contribution < 1.29 is 41.5 Å². The Kier molecular flexibility index (Phi) is 12.0. The van der Waals surface area contributed by atoms with Crippen LogP contribution in [0.5, 0.6) is 0 Å². The van der Waals surface area contributed by atoms with E-state index in [9.17, 15) is 27.4 Å². The average Bonchev–Trinajstić information content (AvgIpc) is 3.18. The molecule has 3 amide bonds. The minimum atomic E-state index is -4.91. The summed E-state index contributed by atoms with van der Waals surface area (Å²) in [6.45, 7) is 15.6. The zero-order chi connectivity index (χ0) is 43.8. The van der Waals surface area contributed by atoms with Gasteiger partial charge in [0.25, 0.3) is 0 Å². The molecular formula is C45H46N6O8S. The van der Waals surface area contributed by atoms with E-state index >= 15 is 0 Å².